The summed E-state index contributed by atoms with van der Waals surface area (Å²) in [6.07, 6.45) is -4.67. The number of benzene rings is 2. The molecule has 1 fully saturated rings. The number of nitrogens with zero attached hydrogens (tertiary/aromatic N) is 1. The summed E-state index contributed by atoms with van der Waals surface area (Å²) < 4.78 is 42.2. The van der Waals surface area contributed by atoms with E-state index in [1.54, 1.807) is 12.1 Å². The van der Waals surface area contributed by atoms with Crippen molar-refractivity contribution in [2.75, 3.05) is 26.2 Å². The smallest absolute Gasteiger partial charge is 0.406 e. The van der Waals surface area contributed by atoms with Crippen LogP contribution in [0.2, 0.25) is 0 Å². The van der Waals surface area contributed by atoms with Gasteiger partial charge in [0.05, 0.1) is 6.04 Å². The van der Waals surface area contributed by atoms with Gasteiger partial charge in [0.25, 0.3) is 0 Å². The zero-order valence-electron chi connectivity index (χ0n) is 14.2. The maximum Gasteiger partial charge on any atom is 0.573 e. The Balaban J connectivity index is 0.00000182. The van der Waals surface area contributed by atoms with Crippen LogP contribution in [0.5, 0.6) is 5.75 Å². The van der Waals surface area contributed by atoms with Gasteiger partial charge in [0.15, 0.2) is 0 Å². The number of rotatable bonds is 4. The van der Waals surface area contributed by atoms with E-state index in [0.29, 0.717) is 0 Å². The Morgan fingerprint density at radius 1 is 0.889 bits per heavy atom. The van der Waals surface area contributed by atoms with Crippen molar-refractivity contribution in [2.24, 2.45) is 0 Å². The second-order valence-electron chi connectivity index (χ2n) is 5.86. The Morgan fingerprint density at radius 3 is 1.85 bits per heavy atom. The average Bonchev–Trinajstić information content (AvgIpc) is 2.58. The number of alkyl halides is 3. The summed E-state index contributed by atoms with van der Waals surface area (Å²) in [5.74, 6) is -0.196. The number of nitrogens with one attached hydrogen (secondary N) is 1. The van der Waals surface area contributed by atoms with Gasteiger partial charge in [-0.3, -0.25) is 4.90 Å². The van der Waals surface area contributed by atoms with Gasteiger partial charge < -0.3 is 10.1 Å². The molecule has 2 aromatic carbocycles. The van der Waals surface area contributed by atoms with Gasteiger partial charge in [0.2, 0.25) is 0 Å². The summed E-state index contributed by atoms with van der Waals surface area (Å²) in [5, 5.41) is 3.33. The number of halogens is 6. The number of hydrogen-bond acceptors (Lipinski definition) is 3. The topological polar surface area (TPSA) is 24.5 Å². The van der Waals surface area contributed by atoms with Crippen LogP contribution in [0, 0.1) is 3.57 Å². The van der Waals surface area contributed by atoms with Gasteiger partial charge in [-0.25, -0.2) is 0 Å². The Hall–Kier alpha value is -0.740. The first-order chi connectivity index (χ1) is 11.9. The molecule has 150 valence electrons. The molecule has 1 saturated heterocycles. The largest absolute Gasteiger partial charge is 0.573 e. The molecule has 0 spiro atoms. The first-order valence-electron chi connectivity index (χ1n) is 7.98. The molecule has 3 rings (SSSR count). The van der Waals surface area contributed by atoms with Crippen molar-refractivity contribution in [1.29, 1.82) is 0 Å². The first-order valence-corrected chi connectivity index (χ1v) is 9.06. The molecule has 1 aliphatic rings. The maximum absolute atomic E-state index is 12.4. The fourth-order valence-electron chi connectivity index (χ4n) is 3.05. The van der Waals surface area contributed by atoms with Crippen molar-refractivity contribution in [2.45, 2.75) is 12.4 Å². The van der Waals surface area contributed by atoms with Gasteiger partial charge in [-0.15, -0.1) is 38.0 Å². The maximum atomic E-state index is 12.4. The Kier molecular flexibility index (Phi) is 9.64. The van der Waals surface area contributed by atoms with E-state index < -0.39 is 6.36 Å². The van der Waals surface area contributed by atoms with Crippen LogP contribution in [0.1, 0.15) is 17.2 Å². The predicted octanol–water partition coefficient (Wildman–Crippen LogP) is 5.03. The van der Waals surface area contributed by atoms with Crippen molar-refractivity contribution in [3.05, 3.63) is 63.2 Å². The van der Waals surface area contributed by atoms with Crippen molar-refractivity contribution in [1.82, 2.24) is 10.2 Å². The van der Waals surface area contributed by atoms with Crippen LogP contribution in [0.4, 0.5) is 13.2 Å². The molecule has 0 aliphatic carbocycles. The van der Waals surface area contributed by atoms with Gasteiger partial charge in [-0.05, 0) is 58.0 Å². The summed E-state index contributed by atoms with van der Waals surface area (Å²) in [5.41, 5.74) is 2.09. The van der Waals surface area contributed by atoms with Crippen molar-refractivity contribution in [3.8, 4) is 5.75 Å². The number of ether oxygens (including phenoxy) is 1. The highest BCUT2D eigenvalue weighted by atomic mass is 127. The van der Waals surface area contributed by atoms with Crippen LogP contribution in [0.25, 0.3) is 0 Å². The lowest BCUT2D eigenvalue weighted by Crippen LogP contribution is -2.45. The molecule has 3 nitrogen and oxygen atoms in total. The highest BCUT2D eigenvalue weighted by Crippen LogP contribution is 2.31. The minimum Gasteiger partial charge on any atom is -0.406 e. The number of hydrogen-bond donors (Lipinski definition) is 1. The summed E-state index contributed by atoms with van der Waals surface area (Å²) in [4.78, 5) is 2.35. The molecule has 27 heavy (non-hydrogen) atoms. The van der Waals surface area contributed by atoms with Crippen LogP contribution in [-0.4, -0.2) is 37.4 Å². The van der Waals surface area contributed by atoms with E-state index in [1.165, 1.54) is 12.1 Å². The van der Waals surface area contributed by atoms with Crippen LogP contribution >= 0.6 is 47.4 Å². The Morgan fingerprint density at radius 2 is 1.37 bits per heavy atom. The molecule has 1 aliphatic heterocycles. The van der Waals surface area contributed by atoms with Crippen molar-refractivity contribution in [3.63, 3.8) is 0 Å². The Labute approximate surface area is 182 Å². The SMILES string of the molecule is Cl.Cl.FC(F)(F)Oc1ccc([C@@H](c2ccc(I)cc2)N2CCNCC2)cc1. The van der Waals surface area contributed by atoms with Gasteiger partial charge in [0.1, 0.15) is 5.75 Å². The minimum atomic E-state index is -4.67. The minimum absolute atomic E-state index is 0. The molecule has 0 aromatic heterocycles. The van der Waals surface area contributed by atoms with Crippen LogP contribution in [0.3, 0.4) is 0 Å². The third-order valence-corrected chi connectivity index (χ3v) is 4.85. The highest BCUT2D eigenvalue weighted by molar-refractivity contribution is 14.1. The molecule has 2 aromatic rings. The molecule has 1 atom stereocenters. The molecule has 0 amide bonds. The molecule has 0 unspecified atom stereocenters. The van der Waals surface area contributed by atoms with Gasteiger partial charge >= 0.3 is 6.36 Å². The second kappa shape index (κ2) is 10.7. The normalized spacial score (nSPS) is 16.0. The quantitative estimate of drug-likeness (QED) is 0.557. The summed E-state index contributed by atoms with van der Waals surface area (Å²) in [7, 11) is 0. The molecule has 1 N–H and O–H groups in total. The lowest BCUT2D eigenvalue weighted by molar-refractivity contribution is -0.274. The molecule has 0 saturated carbocycles. The van der Waals surface area contributed by atoms with Gasteiger partial charge in [-0.1, -0.05) is 24.3 Å². The zero-order chi connectivity index (χ0) is 17.9. The summed E-state index contributed by atoms with van der Waals surface area (Å²) >= 11 is 2.26. The van der Waals surface area contributed by atoms with Gasteiger partial charge in [-0.2, -0.15) is 0 Å². The molecule has 1 heterocycles. The molecule has 9 heteroatoms. The van der Waals surface area contributed by atoms with Crippen LogP contribution in [-0.2, 0) is 0 Å². The molecular formula is C18H20Cl2F3IN2O. The standard InChI is InChI=1S/C18H18F3IN2O.2ClH/c19-18(20,21)25-16-7-3-14(4-8-16)17(24-11-9-23-10-12-24)13-1-5-15(22)6-2-13;;/h1-8,17,23H,9-12H2;2*1H/t17-;;/m1../s1. The van der Waals surface area contributed by atoms with E-state index in [9.17, 15) is 13.2 Å². The van der Waals surface area contributed by atoms with Gasteiger partial charge in [0, 0.05) is 29.7 Å². The lowest BCUT2D eigenvalue weighted by Gasteiger charge is -2.35. The fraction of sp³-hybridized carbons (Fsp3) is 0.333. The lowest BCUT2D eigenvalue weighted by atomic mass is 9.96. The Bertz CT molecular complexity index is 693. The van der Waals surface area contributed by atoms with Crippen LogP contribution < -0.4 is 10.1 Å². The van der Waals surface area contributed by atoms with E-state index in [0.717, 1.165) is 40.9 Å². The predicted molar refractivity (Wildman–Crippen MR) is 113 cm³/mol. The zero-order valence-corrected chi connectivity index (χ0v) is 18.0. The van der Waals surface area contributed by atoms with Crippen molar-refractivity contribution < 1.29 is 17.9 Å². The van der Waals surface area contributed by atoms with Crippen LogP contribution in [0.15, 0.2) is 48.5 Å². The van der Waals surface area contributed by atoms with E-state index in [1.807, 2.05) is 12.1 Å². The third-order valence-electron chi connectivity index (χ3n) is 4.13. The van der Waals surface area contributed by atoms with E-state index in [4.69, 9.17) is 0 Å². The fourth-order valence-corrected chi connectivity index (χ4v) is 3.41. The molecule has 0 bridgehead atoms. The second-order valence-corrected chi connectivity index (χ2v) is 7.10. The van der Waals surface area contributed by atoms with E-state index in [2.05, 4.69) is 49.7 Å². The summed E-state index contributed by atoms with van der Waals surface area (Å²) in [6.45, 7) is 3.57. The average molecular weight is 535 g/mol. The van der Waals surface area contributed by atoms with Crippen molar-refractivity contribution >= 4 is 47.4 Å². The van der Waals surface area contributed by atoms with E-state index in [-0.39, 0.29) is 36.6 Å². The molecule has 0 radical (unpaired) electrons. The monoisotopic (exact) mass is 534 g/mol. The third kappa shape index (κ3) is 6.98. The molecular weight excluding hydrogens is 515 g/mol. The number of piperazine rings is 1. The van der Waals surface area contributed by atoms with E-state index >= 15 is 0 Å². The highest BCUT2D eigenvalue weighted by Gasteiger charge is 2.31. The summed E-state index contributed by atoms with van der Waals surface area (Å²) in [6, 6.07) is 14.5. The first kappa shape index (κ1) is 24.3.